The first-order chi connectivity index (χ1) is 15.5. The minimum atomic E-state index is -3.62. The molecule has 8 nitrogen and oxygen atoms in total. The van der Waals surface area contributed by atoms with Crippen molar-refractivity contribution < 1.29 is 18.0 Å². The van der Waals surface area contributed by atoms with Crippen molar-refractivity contribution in [1.82, 2.24) is 10.0 Å². The zero-order chi connectivity index (χ0) is 24.3. The average Bonchev–Trinajstić information content (AvgIpc) is 3.53. The van der Waals surface area contributed by atoms with Crippen molar-refractivity contribution in [3.63, 3.8) is 0 Å². The topological polar surface area (TPSA) is 91.8 Å². The fourth-order valence-electron chi connectivity index (χ4n) is 3.87. The molecule has 1 amide bonds. The lowest BCUT2D eigenvalue weighted by atomic mass is 10.0. The standard InChI is InChI=1S/C24H34N4O4S/c1-16(2)33(30,31)28(5)23-15-19(24(29)27(4)32-6)14-22(26-23)25-21(20-12-17(20)3)13-18-10-8-7-9-11-18/h7-11,14-17,20-21H,12-13H2,1-6H3,(H,25,26). The molecule has 2 aromatic rings. The summed E-state index contributed by atoms with van der Waals surface area (Å²) in [5, 5.41) is 3.98. The molecule has 1 aromatic heterocycles. The zero-order valence-electron chi connectivity index (χ0n) is 20.1. The molecule has 3 atom stereocenters. The lowest BCUT2D eigenvalue weighted by Gasteiger charge is -2.25. The summed E-state index contributed by atoms with van der Waals surface area (Å²) in [6.45, 7) is 5.45. The number of hydrogen-bond donors (Lipinski definition) is 1. The van der Waals surface area contributed by atoms with Gasteiger partial charge in [-0.3, -0.25) is 13.9 Å². The number of pyridine rings is 1. The largest absolute Gasteiger partial charge is 0.367 e. The van der Waals surface area contributed by atoms with E-state index < -0.39 is 15.3 Å². The quantitative estimate of drug-likeness (QED) is 0.530. The number of rotatable bonds is 10. The SMILES string of the molecule is CON(C)C(=O)c1cc(NC(Cc2ccccc2)C2CC2C)nc(N(C)S(=O)(=O)C(C)C)c1. The highest BCUT2D eigenvalue weighted by atomic mass is 32.2. The molecule has 1 aliphatic rings. The Morgan fingerprint density at radius 3 is 2.39 bits per heavy atom. The van der Waals surface area contributed by atoms with Crippen LogP contribution in [0.2, 0.25) is 0 Å². The summed E-state index contributed by atoms with van der Waals surface area (Å²) in [4.78, 5) is 22.5. The highest BCUT2D eigenvalue weighted by molar-refractivity contribution is 7.93. The Balaban J connectivity index is 1.99. The van der Waals surface area contributed by atoms with Gasteiger partial charge in [0.2, 0.25) is 10.0 Å². The lowest BCUT2D eigenvalue weighted by molar-refractivity contribution is -0.0756. The normalized spacial score (nSPS) is 18.6. The van der Waals surface area contributed by atoms with Crippen LogP contribution in [0.25, 0.3) is 0 Å². The fourth-order valence-corrected chi connectivity index (χ4v) is 4.85. The second-order valence-electron chi connectivity index (χ2n) is 8.96. The van der Waals surface area contributed by atoms with Crippen LogP contribution in [-0.4, -0.2) is 56.9 Å². The summed E-state index contributed by atoms with van der Waals surface area (Å²) < 4.78 is 26.7. The van der Waals surface area contributed by atoms with E-state index in [0.29, 0.717) is 23.2 Å². The van der Waals surface area contributed by atoms with E-state index >= 15 is 0 Å². The van der Waals surface area contributed by atoms with Crippen LogP contribution >= 0.6 is 0 Å². The van der Waals surface area contributed by atoms with Crippen molar-refractivity contribution in [2.45, 2.75) is 44.9 Å². The third kappa shape index (κ3) is 5.83. The van der Waals surface area contributed by atoms with Crippen LogP contribution in [0.15, 0.2) is 42.5 Å². The molecular weight excluding hydrogens is 440 g/mol. The molecule has 0 aliphatic heterocycles. The van der Waals surface area contributed by atoms with Gasteiger partial charge in [0.05, 0.1) is 12.4 Å². The number of benzene rings is 1. The Bertz CT molecular complexity index is 1080. The molecule has 3 rings (SSSR count). The van der Waals surface area contributed by atoms with E-state index in [2.05, 4.69) is 29.4 Å². The van der Waals surface area contributed by atoms with Crippen LogP contribution in [-0.2, 0) is 21.3 Å². The van der Waals surface area contributed by atoms with Gasteiger partial charge < -0.3 is 5.32 Å². The second-order valence-corrected chi connectivity index (χ2v) is 11.5. The van der Waals surface area contributed by atoms with Gasteiger partial charge in [-0.15, -0.1) is 0 Å². The fraction of sp³-hybridized carbons (Fsp3) is 0.500. The summed E-state index contributed by atoms with van der Waals surface area (Å²) in [6, 6.07) is 13.5. The van der Waals surface area contributed by atoms with Gasteiger partial charge in [-0.05, 0) is 56.2 Å². The summed E-state index contributed by atoms with van der Waals surface area (Å²) in [7, 11) is 0.750. The van der Waals surface area contributed by atoms with E-state index in [9.17, 15) is 13.2 Å². The van der Waals surface area contributed by atoms with Crippen molar-refractivity contribution in [3.05, 3.63) is 53.6 Å². The van der Waals surface area contributed by atoms with Gasteiger partial charge in [0.15, 0.2) is 0 Å². The number of carbonyl (C=O) groups excluding carboxylic acids is 1. The van der Waals surface area contributed by atoms with Crippen LogP contribution < -0.4 is 9.62 Å². The molecule has 1 saturated carbocycles. The molecule has 1 aromatic carbocycles. The Morgan fingerprint density at radius 1 is 1.21 bits per heavy atom. The number of anilines is 2. The van der Waals surface area contributed by atoms with Crippen LogP contribution in [0.3, 0.4) is 0 Å². The molecular formula is C24H34N4O4S. The van der Waals surface area contributed by atoms with E-state index in [-0.39, 0.29) is 17.8 Å². The van der Waals surface area contributed by atoms with Crippen molar-refractivity contribution >= 4 is 27.6 Å². The predicted molar refractivity (Wildman–Crippen MR) is 131 cm³/mol. The third-order valence-corrected chi connectivity index (χ3v) is 8.38. The number of sulfonamides is 1. The Hall–Kier alpha value is -2.65. The summed E-state index contributed by atoms with van der Waals surface area (Å²) >= 11 is 0. The molecule has 0 saturated heterocycles. The monoisotopic (exact) mass is 474 g/mol. The summed E-state index contributed by atoms with van der Waals surface area (Å²) in [6.07, 6.45) is 1.92. The summed E-state index contributed by atoms with van der Waals surface area (Å²) in [5.41, 5.74) is 1.50. The van der Waals surface area contributed by atoms with E-state index in [4.69, 9.17) is 4.84 Å². The number of aromatic nitrogens is 1. The Kier molecular flexibility index (Phi) is 7.64. The molecule has 9 heteroatoms. The van der Waals surface area contributed by atoms with E-state index in [0.717, 1.165) is 22.2 Å². The highest BCUT2D eigenvalue weighted by Crippen LogP contribution is 2.42. The Labute approximate surface area is 197 Å². The Morgan fingerprint density at radius 2 is 1.85 bits per heavy atom. The van der Waals surface area contributed by atoms with Gasteiger partial charge in [-0.25, -0.2) is 18.5 Å². The van der Waals surface area contributed by atoms with Crippen molar-refractivity contribution in [2.24, 2.45) is 11.8 Å². The van der Waals surface area contributed by atoms with Gasteiger partial charge in [0.25, 0.3) is 5.91 Å². The molecule has 1 N–H and O–H groups in total. The molecule has 1 aliphatic carbocycles. The van der Waals surface area contributed by atoms with Gasteiger partial charge in [0.1, 0.15) is 11.6 Å². The maximum atomic E-state index is 12.8. The smallest absolute Gasteiger partial charge is 0.277 e. The van der Waals surface area contributed by atoms with E-state index in [1.165, 1.54) is 32.8 Å². The number of carbonyl (C=O) groups is 1. The van der Waals surface area contributed by atoms with Gasteiger partial charge in [-0.2, -0.15) is 0 Å². The van der Waals surface area contributed by atoms with Crippen LogP contribution in [0.1, 0.15) is 43.1 Å². The molecule has 0 radical (unpaired) electrons. The third-order valence-electron chi connectivity index (χ3n) is 6.24. The van der Waals surface area contributed by atoms with Crippen LogP contribution in [0, 0.1) is 11.8 Å². The number of hydrogen-bond acceptors (Lipinski definition) is 6. The molecule has 3 unspecified atom stereocenters. The van der Waals surface area contributed by atoms with Crippen molar-refractivity contribution in [2.75, 3.05) is 30.8 Å². The molecule has 1 heterocycles. The van der Waals surface area contributed by atoms with E-state index in [1.54, 1.807) is 19.9 Å². The molecule has 33 heavy (non-hydrogen) atoms. The van der Waals surface area contributed by atoms with Crippen LogP contribution in [0.4, 0.5) is 11.6 Å². The summed E-state index contributed by atoms with van der Waals surface area (Å²) in [5.74, 6) is 1.33. The first kappa shape index (κ1) is 25.0. The molecule has 1 fully saturated rings. The number of amides is 1. The zero-order valence-corrected chi connectivity index (χ0v) is 21.0. The lowest BCUT2D eigenvalue weighted by Crippen LogP contribution is -2.34. The maximum Gasteiger partial charge on any atom is 0.277 e. The van der Waals surface area contributed by atoms with Gasteiger partial charge in [0, 0.05) is 25.7 Å². The minimum absolute atomic E-state index is 0.111. The molecule has 0 bridgehead atoms. The average molecular weight is 475 g/mol. The first-order valence-corrected chi connectivity index (χ1v) is 12.7. The second kappa shape index (κ2) is 10.1. The van der Waals surface area contributed by atoms with Crippen molar-refractivity contribution in [3.8, 4) is 0 Å². The minimum Gasteiger partial charge on any atom is -0.367 e. The van der Waals surface area contributed by atoms with E-state index in [1.807, 2.05) is 18.2 Å². The first-order valence-electron chi connectivity index (χ1n) is 11.2. The maximum absolute atomic E-state index is 12.8. The van der Waals surface area contributed by atoms with Gasteiger partial charge in [-0.1, -0.05) is 37.3 Å². The van der Waals surface area contributed by atoms with Gasteiger partial charge >= 0.3 is 0 Å². The molecule has 0 spiro atoms. The molecule has 180 valence electrons. The van der Waals surface area contributed by atoms with Crippen molar-refractivity contribution in [1.29, 1.82) is 0 Å². The number of nitrogens with zero attached hydrogens (tertiary/aromatic N) is 3. The number of nitrogens with one attached hydrogen (secondary N) is 1. The van der Waals surface area contributed by atoms with Crippen LogP contribution in [0.5, 0.6) is 0 Å². The number of hydroxylamine groups is 2. The predicted octanol–water partition coefficient (Wildman–Crippen LogP) is 3.57. The highest BCUT2D eigenvalue weighted by Gasteiger charge is 2.39.